The van der Waals surface area contributed by atoms with Crippen LogP contribution < -0.4 is 10.1 Å². The van der Waals surface area contributed by atoms with Crippen molar-refractivity contribution in [1.29, 1.82) is 0 Å². The van der Waals surface area contributed by atoms with E-state index in [1.807, 2.05) is 19.2 Å². The SMILES string of the molecule is CNCc1ccc(OCc2cc(Br)cs2)cc1. The molecule has 1 N–H and O–H groups in total. The molecule has 2 nitrogen and oxygen atoms in total. The average Bonchev–Trinajstić information content (AvgIpc) is 2.75. The van der Waals surface area contributed by atoms with E-state index in [-0.39, 0.29) is 0 Å². The molecule has 17 heavy (non-hydrogen) atoms. The van der Waals surface area contributed by atoms with Crippen molar-refractivity contribution in [2.24, 2.45) is 0 Å². The predicted molar refractivity (Wildman–Crippen MR) is 75.6 cm³/mol. The number of benzene rings is 1. The van der Waals surface area contributed by atoms with Gasteiger partial charge >= 0.3 is 0 Å². The van der Waals surface area contributed by atoms with Crippen LogP contribution in [0.15, 0.2) is 40.2 Å². The Balaban J connectivity index is 1.90. The lowest BCUT2D eigenvalue weighted by Crippen LogP contribution is -2.04. The van der Waals surface area contributed by atoms with Gasteiger partial charge in [-0.2, -0.15) is 0 Å². The first-order valence-electron chi connectivity index (χ1n) is 5.37. The Labute approximate surface area is 114 Å². The fraction of sp³-hybridized carbons (Fsp3) is 0.231. The fourth-order valence-electron chi connectivity index (χ4n) is 1.49. The smallest absolute Gasteiger partial charge is 0.122 e. The summed E-state index contributed by atoms with van der Waals surface area (Å²) in [6.45, 7) is 1.51. The highest BCUT2D eigenvalue weighted by Crippen LogP contribution is 2.21. The molecule has 1 aromatic heterocycles. The molecule has 0 aliphatic heterocycles. The highest BCUT2D eigenvalue weighted by molar-refractivity contribution is 9.10. The van der Waals surface area contributed by atoms with E-state index in [0.717, 1.165) is 16.8 Å². The molecule has 0 saturated heterocycles. The second-order valence-corrected chi connectivity index (χ2v) is 5.61. The maximum absolute atomic E-state index is 5.71. The van der Waals surface area contributed by atoms with E-state index >= 15 is 0 Å². The normalized spacial score (nSPS) is 10.5. The third-order valence-corrected chi connectivity index (χ3v) is 3.98. The maximum Gasteiger partial charge on any atom is 0.122 e. The van der Waals surface area contributed by atoms with E-state index in [0.29, 0.717) is 6.61 Å². The summed E-state index contributed by atoms with van der Waals surface area (Å²) < 4.78 is 6.82. The molecule has 4 heteroatoms. The van der Waals surface area contributed by atoms with E-state index in [2.05, 4.69) is 44.8 Å². The van der Waals surface area contributed by atoms with Crippen molar-refractivity contribution in [1.82, 2.24) is 5.32 Å². The lowest BCUT2D eigenvalue weighted by molar-refractivity contribution is 0.309. The van der Waals surface area contributed by atoms with Crippen LogP contribution in [0.25, 0.3) is 0 Å². The number of ether oxygens (including phenoxy) is 1. The highest BCUT2D eigenvalue weighted by atomic mass is 79.9. The van der Waals surface area contributed by atoms with Gasteiger partial charge in [0, 0.05) is 21.3 Å². The standard InChI is InChI=1S/C13H14BrNOS/c1-15-7-10-2-4-12(5-3-10)16-8-13-6-11(14)9-17-13/h2-6,9,15H,7-8H2,1H3. The van der Waals surface area contributed by atoms with Gasteiger partial charge in [-0.3, -0.25) is 0 Å². The van der Waals surface area contributed by atoms with Crippen LogP contribution in [0.2, 0.25) is 0 Å². The van der Waals surface area contributed by atoms with Crippen LogP contribution >= 0.6 is 27.3 Å². The van der Waals surface area contributed by atoms with Crippen molar-refractivity contribution in [2.45, 2.75) is 13.2 Å². The quantitative estimate of drug-likeness (QED) is 0.906. The Hall–Kier alpha value is -0.840. The molecule has 1 aromatic carbocycles. The number of hydrogen-bond donors (Lipinski definition) is 1. The number of halogens is 1. The van der Waals surface area contributed by atoms with Crippen LogP contribution in [0.3, 0.4) is 0 Å². The second kappa shape index (κ2) is 6.19. The van der Waals surface area contributed by atoms with Gasteiger partial charge in [0.25, 0.3) is 0 Å². The van der Waals surface area contributed by atoms with Crippen molar-refractivity contribution < 1.29 is 4.74 Å². The Bertz CT molecular complexity index is 467. The minimum Gasteiger partial charge on any atom is -0.488 e. The molecule has 0 fully saturated rings. The molecule has 0 radical (unpaired) electrons. The summed E-state index contributed by atoms with van der Waals surface area (Å²) in [5.41, 5.74) is 1.26. The van der Waals surface area contributed by atoms with E-state index in [1.165, 1.54) is 10.4 Å². The van der Waals surface area contributed by atoms with Gasteiger partial charge in [-0.15, -0.1) is 11.3 Å². The zero-order valence-electron chi connectivity index (χ0n) is 9.57. The Morgan fingerprint density at radius 1 is 1.29 bits per heavy atom. The van der Waals surface area contributed by atoms with Crippen LogP contribution in [0.4, 0.5) is 0 Å². The van der Waals surface area contributed by atoms with Crippen LogP contribution in [0.5, 0.6) is 5.75 Å². The molecule has 2 aromatic rings. The minimum atomic E-state index is 0.627. The highest BCUT2D eigenvalue weighted by Gasteiger charge is 1.99. The third kappa shape index (κ3) is 3.84. The molecular formula is C13H14BrNOS. The summed E-state index contributed by atoms with van der Waals surface area (Å²) in [5.74, 6) is 0.911. The number of hydrogen-bond acceptors (Lipinski definition) is 3. The van der Waals surface area contributed by atoms with Crippen molar-refractivity contribution in [3.8, 4) is 5.75 Å². The molecule has 0 amide bonds. The summed E-state index contributed by atoms with van der Waals surface area (Å²) in [4.78, 5) is 1.22. The van der Waals surface area contributed by atoms with Gasteiger partial charge in [0.15, 0.2) is 0 Å². The fourth-order valence-corrected chi connectivity index (χ4v) is 2.85. The largest absolute Gasteiger partial charge is 0.488 e. The second-order valence-electron chi connectivity index (χ2n) is 3.69. The summed E-state index contributed by atoms with van der Waals surface area (Å²) in [5, 5.41) is 5.18. The van der Waals surface area contributed by atoms with Crippen LogP contribution in [-0.2, 0) is 13.2 Å². The molecule has 0 atom stereocenters. The first-order chi connectivity index (χ1) is 8.28. The van der Waals surface area contributed by atoms with Crippen molar-refractivity contribution in [3.63, 3.8) is 0 Å². The topological polar surface area (TPSA) is 21.3 Å². The molecule has 0 bridgehead atoms. The molecule has 2 rings (SSSR count). The number of thiophene rings is 1. The summed E-state index contributed by atoms with van der Waals surface area (Å²) in [6.07, 6.45) is 0. The van der Waals surface area contributed by atoms with Crippen molar-refractivity contribution in [2.75, 3.05) is 7.05 Å². The lowest BCUT2D eigenvalue weighted by Gasteiger charge is -2.05. The zero-order chi connectivity index (χ0) is 12.1. The van der Waals surface area contributed by atoms with E-state index in [9.17, 15) is 0 Å². The molecule has 0 aliphatic rings. The maximum atomic E-state index is 5.71. The minimum absolute atomic E-state index is 0.627. The van der Waals surface area contributed by atoms with Gasteiger partial charge in [-0.05, 0) is 46.7 Å². The molecule has 0 aliphatic carbocycles. The monoisotopic (exact) mass is 311 g/mol. The van der Waals surface area contributed by atoms with Crippen LogP contribution in [0.1, 0.15) is 10.4 Å². The molecule has 90 valence electrons. The van der Waals surface area contributed by atoms with Crippen molar-refractivity contribution in [3.05, 3.63) is 50.6 Å². The summed E-state index contributed by atoms with van der Waals surface area (Å²) in [7, 11) is 1.94. The van der Waals surface area contributed by atoms with Crippen molar-refractivity contribution >= 4 is 27.3 Å². The Morgan fingerprint density at radius 3 is 2.65 bits per heavy atom. The Kier molecular flexibility index (Phi) is 4.59. The third-order valence-electron chi connectivity index (χ3n) is 2.31. The molecule has 0 saturated carbocycles. The van der Waals surface area contributed by atoms with E-state index in [4.69, 9.17) is 4.74 Å². The van der Waals surface area contributed by atoms with Gasteiger partial charge in [0.05, 0.1) is 0 Å². The molecule has 0 spiro atoms. The van der Waals surface area contributed by atoms with Gasteiger partial charge in [-0.25, -0.2) is 0 Å². The Morgan fingerprint density at radius 2 is 2.06 bits per heavy atom. The van der Waals surface area contributed by atoms with E-state index < -0.39 is 0 Å². The van der Waals surface area contributed by atoms with Crippen LogP contribution in [0, 0.1) is 0 Å². The van der Waals surface area contributed by atoms with Crippen LogP contribution in [-0.4, -0.2) is 7.05 Å². The van der Waals surface area contributed by atoms with E-state index in [1.54, 1.807) is 11.3 Å². The van der Waals surface area contributed by atoms with Gasteiger partial charge in [0.1, 0.15) is 12.4 Å². The number of nitrogens with one attached hydrogen (secondary N) is 1. The summed E-state index contributed by atoms with van der Waals surface area (Å²) in [6, 6.07) is 10.3. The first kappa shape index (κ1) is 12.6. The summed E-state index contributed by atoms with van der Waals surface area (Å²) >= 11 is 5.13. The zero-order valence-corrected chi connectivity index (χ0v) is 12.0. The van der Waals surface area contributed by atoms with Gasteiger partial charge in [-0.1, -0.05) is 12.1 Å². The predicted octanol–water partition coefficient (Wildman–Crippen LogP) is 3.81. The van der Waals surface area contributed by atoms with Gasteiger partial charge in [0.2, 0.25) is 0 Å². The molecule has 1 heterocycles. The molecular weight excluding hydrogens is 298 g/mol. The van der Waals surface area contributed by atoms with Gasteiger partial charge < -0.3 is 10.1 Å². The lowest BCUT2D eigenvalue weighted by atomic mass is 10.2. The number of rotatable bonds is 5. The molecule has 0 unspecified atom stereocenters. The first-order valence-corrected chi connectivity index (χ1v) is 7.04. The average molecular weight is 312 g/mol.